The van der Waals surface area contributed by atoms with E-state index in [-0.39, 0.29) is 30.7 Å². The Morgan fingerprint density at radius 1 is 1.24 bits per heavy atom. The van der Waals surface area contributed by atoms with E-state index >= 15 is 0 Å². The Kier molecular flexibility index (Phi) is 11.9. The van der Waals surface area contributed by atoms with Gasteiger partial charge in [-0.05, 0) is 58.1 Å². The molecule has 1 aromatic carbocycles. The summed E-state index contributed by atoms with van der Waals surface area (Å²) in [5.74, 6) is 0.108. The van der Waals surface area contributed by atoms with E-state index in [0.29, 0.717) is 18.9 Å². The molecule has 1 heterocycles. The van der Waals surface area contributed by atoms with Gasteiger partial charge in [0.1, 0.15) is 0 Å². The summed E-state index contributed by atoms with van der Waals surface area (Å²) in [5, 5.41) is 3.02. The number of nitrogens with zero attached hydrogens (tertiary/aromatic N) is 2. The van der Waals surface area contributed by atoms with Crippen molar-refractivity contribution in [2.24, 2.45) is 0 Å². The quantitative estimate of drug-likeness (QED) is 0.700. The van der Waals surface area contributed by atoms with Gasteiger partial charge in [0.05, 0.1) is 0 Å². The Hall–Kier alpha value is -1.01. The lowest BCUT2D eigenvalue weighted by Crippen LogP contribution is -2.44. The SMILES string of the molecule is CN(C)C1CCN(CCNC(=O)CCc2ccccc2N)CC1.Cl.Cl. The number of hydrogen-bond acceptors (Lipinski definition) is 4. The van der Waals surface area contributed by atoms with E-state index in [1.807, 2.05) is 24.3 Å². The number of nitrogen functional groups attached to an aromatic ring is 1. The number of likely N-dealkylation sites (tertiary alicyclic amines) is 1. The van der Waals surface area contributed by atoms with E-state index < -0.39 is 0 Å². The molecule has 2 rings (SSSR count). The third-order valence-corrected chi connectivity index (χ3v) is 4.71. The maximum Gasteiger partial charge on any atom is 0.220 e. The largest absolute Gasteiger partial charge is 0.399 e. The van der Waals surface area contributed by atoms with Crippen molar-refractivity contribution in [3.63, 3.8) is 0 Å². The van der Waals surface area contributed by atoms with Gasteiger partial charge in [-0.25, -0.2) is 0 Å². The second-order valence-electron chi connectivity index (χ2n) is 6.59. The fourth-order valence-corrected chi connectivity index (χ4v) is 3.11. The Bertz CT molecular complexity index is 506. The van der Waals surface area contributed by atoms with Crippen LogP contribution >= 0.6 is 24.8 Å². The first-order chi connectivity index (χ1) is 11.1. The summed E-state index contributed by atoms with van der Waals surface area (Å²) in [7, 11) is 4.31. The summed E-state index contributed by atoms with van der Waals surface area (Å²) in [6.45, 7) is 3.92. The molecule has 3 N–H and O–H groups in total. The van der Waals surface area contributed by atoms with Crippen molar-refractivity contribution >= 4 is 36.4 Å². The standard InChI is InChI=1S/C18H30N4O.2ClH/c1-21(2)16-9-12-22(13-10-16)14-11-20-18(23)8-7-15-5-3-4-6-17(15)19;;/h3-6,16H,7-14,19H2,1-2H3,(H,20,23);2*1H. The minimum absolute atomic E-state index is 0. The summed E-state index contributed by atoms with van der Waals surface area (Å²) in [5.41, 5.74) is 7.71. The van der Waals surface area contributed by atoms with Crippen molar-refractivity contribution in [3.8, 4) is 0 Å². The van der Waals surface area contributed by atoms with Crippen LogP contribution in [0.2, 0.25) is 0 Å². The fraction of sp³-hybridized carbons (Fsp3) is 0.611. The number of anilines is 1. The molecule has 5 nitrogen and oxygen atoms in total. The molecule has 1 amide bonds. The molecule has 1 saturated heterocycles. The minimum Gasteiger partial charge on any atom is -0.399 e. The third-order valence-electron chi connectivity index (χ3n) is 4.71. The topological polar surface area (TPSA) is 61.6 Å². The average Bonchev–Trinajstić information content (AvgIpc) is 2.54. The molecule has 0 aromatic heterocycles. The highest BCUT2D eigenvalue weighted by Gasteiger charge is 2.20. The number of nitrogens with two attached hydrogens (primary N) is 1. The summed E-state index contributed by atoms with van der Waals surface area (Å²) < 4.78 is 0. The van der Waals surface area contributed by atoms with Crippen molar-refractivity contribution in [2.75, 3.05) is 46.0 Å². The predicted molar refractivity (Wildman–Crippen MR) is 110 cm³/mol. The number of benzene rings is 1. The fourth-order valence-electron chi connectivity index (χ4n) is 3.11. The zero-order chi connectivity index (χ0) is 16.7. The van der Waals surface area contributed by atoms with Crippen molar-refractivity contribution < 1.29 is 4.79 Å². The van der Waals surface area contributed by atoms with Crippen LogP contribution in [0.3, 0.4) is 0 Å². The second-order valence-corrected chi connectivity index (χ2v) is 6.59. The lowest BCUT2D eigenvalue weighted by molar-refractivity contribution is -0.121. The number of para-hydroxylation sites is 1. The Morgan fingerprint density at radius 3 is 2.48 bits per heavy atom. The zero-order valence-electron chi connectivity index (χ0n) is 15.2. The molecule has 0 aliphatic carbocycles. The first-order valence-corrected chi connectivity index (χ1v) is 8.55. The number of hydrogen-bond donors (Lipinski definition) is 2. The maximum atomic E-state index is 11.9. The van der Waals surface area contributed by atoms with Crippen LogP contribution in [-0.2, 0) is 11.2 Å². The number of piperidine rings is 1. The average molecular weight is 391 g/mol. The van der Waals surface area contributed by atoms with Gasteiger partial charge in [-0.2, -0.15) is 0 Å². The third kappa shape index (κ3) is 8.27. The monoisotopic (exact) mass is 390 g/mol. The maximum absolute atomic E-state index is 11.9. The summed E-state index contributed by atoms with van der Waals surface area (Å²) >= 11 is 0. The highest BCUT2D eigenvalue weighted by molar-refractivity contribution is 5.85. The van der Waals surface area contributed by atoms with Crippen LogP contribution in [0.25, 0.3) is 0 Å². The van der Waals surface area contributed by atoms with Gasteiger partial charge in [-0.1, -0.05) is 18.2 Å². The van der Waals surface area contributed by atoms with Crippen LogP contribution in [0.1, 0.15) is 24.8 Å². The van der Waals surface area contributed by atoms with Gasteiger partial charge in [0, 0.05) is 31.2 Å². The zero-order valence-corrected chi connectivity index (χ0v) is 16.9. The smallest absolute Gasteiger partial charge is 0.220 e. The van der Waals surface area contributed by atoms with E-state index in [1.165, 1.54) is 12.8 Å². The minimum atomic E-state index is 0. The molecule has 25 heavy (non-hydrogen) atoms. The molecular weight excluding hydrogens is 359 g/mol. The Labute approximate surface area is 164 Å². The molecule has 7 heteroatoms. The van der Waals surface area contributed by atoms with Crippen molar-refractivity contribution in [3.05, 3.63) is 29.8 Å². The number of aryl methyl sites for hydroxylation is 1. The lowest BCUT2D eigenvalue weighted by atomic mass is 10.0. The highest BCUT2D eigenvalue weighted by Crippen LogP contribution is 2.14. The van der Waals surface area contributed by atoms with Crippen molar-refractivity contribution in [2.45, 2.75) is 31.7 Å². The number of halogens is 2. The van der Waals surface area contributed by atoms with Gasteiger partial charge in [0.15, 0.2) is 0 Å². The Morgan fingerprint density at radius 2 is 1.88 bits per heavy atom. The number of nitrogens with one attached hydrogen (secondary N) is 1. The number of carbonyl (C=O) groups is 1. The first kappa shape index (κ1) is 24.0. The van der Waals surface area contributed by atoms with E-state index in [2.05, 4.69) is 29.2 Å². The summed E-state index contributed by atoms with van der Waals surface area (Å²) in [4.78, 5) is 16.7. The van der Waals surface area contributed by atoms with Crippen LogP contribution in [0, 0.1) is 0 Å². The van der Waals surface area contributed by atoms with Gasteiger partial charge in [0.25, 0.3) is 0 Å². The van der Waals surface area contributed by atoms with E-state index in [4.69, 9.17) is 5.73 Å². The normalized spacial score (nSPS) is 15.3. The van der Waals surface area contributed by atoms with Crippen LogP contribution in [0.15, 0.2) is 24.3 Å². The van der Waals surface area contributed by atoms with Crippen molar-refractivity contribution in [1.29, 1.82) is 0 Å². The predicted octanol–water partition coefficient (Wildman–Crippen LogP) is 2.19. The molecule has 0 bridgehead atoms. The molecule has 0 unspecified atom stereocenters. The molecule has 1 aliphatic heterocycles. The molecule has 1 aromatic rings. The van der Waals surface area contributed by atoms with Gasteiger partial charge in [-0.15, -0.1) is 24.8 Å². The molecule has 0 atom stereocenters. The van der Waals surface area contributed by atoms with Gasteiger partial charge < -0.3 is 20.9 Å². The van der Waals surface area contributed by atoms with Crippen LogP contribution in [0.4, 0.5) is 5.69 Å². The molecular formula is C18H32Cl2N4O. The lowest BCUT2D eigenvalue weighted by Gasteiger charge is -2.35. The number of rotatable bonds is 7. The second kappa shape index (κ2) is 12.4. The number of carbonyl (C=O) groups excluding carboxylic acids is 1. The highest BCUT2D eigenvalue weighted by atomic mass is 35.5. The van der Waals surface area contributed by atoms with E-state index in [1.54, 1.807) is 0 Å². The summed E-state index contributed by atoms with van der Waals surface area (Å²) in [6.07, 6.45) is 3.63. The first-order valence-electron chi connectivity index (χ1n) is 8.55. The molecule has 0 spiro atoms. The van der Waals surface area contributed by atoms with Gasteiger partial charge in [-0.3, -0.25) is 4.79 Å². The molecule has 0 radical (unpaired) electrons. The van der Waals surface area contributed by atoms with Crippen LogP contribution in [0.5, 0.6) is 0 Å². The van der Waals surface area contributed by atoms with E-state index in [0.717, 1.165) is 37.4 Å². The summed E-state index contributed by atoms with van der Waals surface area (Å²) in [6, 6.07) is 8.44. The molecule has 0 saturated carbocycles. The molecule has 1 aliphatic rings. The van der Waals surface area contributed by atoms with Crippen LogP contribution < -0.4 is 11.1 Å². The van der Waals surface area contributed by atoms with Crippen molar-refractivity contribution in [1.82, 2.24) is 15.1 Å². The van der Waals surface area contributed by atoms with E-state index in [9.17, 15) is 4.79 Å². The Balaban J connectivity index is 0.00000288. The number of amides is 1. The van der Waals surface area contributed by atoms with Gasteiger partial charge >= 0.3 is 0 Å². The molecule has 1 fully saturated rings. The van der Waals surface area contributed by atoms with Crippen LogP contribution in [-0.4, -0.2) is 62.0 Å². The molecule has 144 valence electrons. The van der Waals surface area contributed by atoms with Gasteiger partial charge in [0.2, 0.25) is 5.91 Å².